The van der Waals surface area contributed by atoms with Gasteiger partial charge in [-0.1, -0.05) is 22.0 Å². The fourth-order valence-corrected chi connectivity index (χ4v) is 1.99. The quantitative estimate of drug-likeness (QED) is 0.929. The lowest BCUT2D eigenvalue weighted by Crippen LogP contribution is -2.00. The molecule has 0 bridgehead atoms. The highest BCUT2D eigenvalue weighted by Gasteiger charge is 2.03. The second-order valence-electron chi connectivity index (χ2n) is 4.01. The van der Waals surface area contributed by atoms with Crippen LogP contribution in [0.4, 0.5) is 5.69 Å². The minimum atomic E-state index is 0.553. The van der Waals surface area contributed by atoms with E-state index in [-0.39, 0.29) is 0 Å². The number of methoxy groups -OCH3 is 1. The monoisotopic (exact) mass is 316 g/mol. The number of hydrogen-bond acceptors (Lipinski definition) is 3. The number of hydrogen-bond donors (Lipinski definition) is 1. The zero-order valence-corrected chi connectivity index (χ0v) is 12.1. The second-order valence-corrected chi connectivity index (χ2v) is 4.92. The summed E-state index contributed by atoms with van der Waals surface area (Å²) in [5.74, 6) is 0.606. The van der Waals surface area contributed by atoms with Gasteiger partial charge in [0, 0.05) is 16.7 Å². The summed E-state index contributed by atoms with van der Waals surface area (Å²) in [4.78, 5) is 0. The molecule has 0 aliphatic carbocycles. The smallest absolute Gasteiger partial charge is 0.136 e. The van der Waals surface area contributed by atoms with E-state index in [4.69, 9.17) is 10.00 Å². The van der Waals surface area contributed by atoms with Crippen molar-refractivity contribution in [2.45, 2.75) is 6.54 Å². The minimum Gasteiger partial charge on any atom is -0.495 e. The first-order valence-corrected chi connectivity index (χ1v) is 6.58. The van der Waals surface area contributed by atoms with Crippen molar-refractivity contribution in [3.8, 4) is 11.8 Å². The van der Waals surface area contributed by atoms with Crippen molar-refractivity contribution in [2.24, 2.45) is 0 Å². The van der Waals surface area contributed by atoms with E-state index in [1.807, 2.05) is 42.5 Å². The van der Waals surface area contributed by atoms with Crippen molar-refractivity contribution in [2.75, 3.05) is 12.4 Å². The molecule has 96 valence electrons. The molecule has 1 N–H and O–H groups in total. The zero-order valence-electron chi connectivity index (χ0n) is 10.5. The Labute approximate surface area is 121 Å². The molecule has 0 unspecified atom stereocenters. The molecule has 0 aliphatic rings. The molecule has 0 saturated carbocycles. The zero-order chi connectivity index (χ0) is 13.7. The van der Waals surface area contributed by atoms with E-state index in [9.17, 15) is 0 Å². The van der Waals surface area contributed by atoms with Gasteiger partial charge in [-0.2, -0.15) is 5.26 Å². The first-order valence-electron chi connectivity index (χ1n) is 5.79. The summed E-state index contributed by atoms with van der Waals surface area (Å²) >= 11 is 3.40. The van der Waals surface area contributed by atoms with Gasteiger partial charge in [0.25, 0.3) is 0 Å². The van der Waals surface area contributed by atoms with Crippen LogP contribution < -0.4 is 10.1 Å². The highest BCUT2D eigenvalue weighted by atomic mass is 79.9. The number of ether oxygens (including phenoxy) is 1. The van der Waals surface area contributed by atoms with Crippen molar-refractivity contribution in [1.82, 2.24) is 0 Å². The third-order valence-electron chi connectivity index (χ3n) is 2.73. The van der Waals surface area contributed by atoms with Crippen molar-refractivity contribution >= 4 is 21.6 Å². The third kappa shape index (κ3) is 3.49. The molecule has 2 rings (SSSR count). The maximum atomic E-state index is 9.03. The standard InChI is InChI=1S/C15H13BrN2O/c1-19-15-7-2-11(8-12(15)9-17)10-18-14-5-3-13(16)4-6-14/h2-8,18H,10H2,1H3. The molecule has 0 heterocycles. The second kappa shape index (κ2) is 6.26. The molecule has 0 aromatic heterocycles. The molecule has 0 atom stereocenters. The lowest BCUT2D eigenvalue weighted by atomic mass is 10.1. The van der Waals surface area contributed by atoms with Gasteiger partial charge in [0.1, 0.15) is 11.8 Å². The van der Waals surface area contributed by atoms with Crippen LogP contribution >= 0.6 is 15.9 Å². The number of nitrogens with zero attached hydrogens (tertiary/aromatic N) is 1. The average molecular weight is 317 g/mol. The van der Waals surface area contributed by atoms with Crippen LogP contribution in [0.5, 0.6) is 5.75 Å². The van der Waals surface area contributed by atoms with Crippen LogP contribution in [0.1, 0.15) is 11.1 Å². The molecule has 0 saturated heterocycles. The highest BCUT2D eigenvalue weighted by Crippen LogP contribution is 2.20. The van der Waals surface area contributed by atoms with Crippen LogP contribution in [0, 0.1) is 11.3 Å². The summed E-state index contributed by atoms with van der Waals surface area (Å²) in [5, 5.41) is 12.3. The van der Waals surface area contributed by atoms with Gasteiger partial charge in [-0.3, -0.25) is 0 Å². The summed E-state index contributed by atoms with van der Waals surface area (Å²) in [6.45, 7) is 0.667. The average Bonchev–Trinajstić information content (AvgIpc) is 2.46. The molecular formula is C15H13BrN2O. The molecule has 0 aliphatic heterocycles. The summed E-state index contributed by atoms with van der Waals surface area (Å²) in [7, 11) is 1.57. The summed E-state index contributed by atoms with van der Waals surface area (Å²) < 4.78 is 6.17. The van der Waals surface area contributed by atoms with Crippen molar-refractivity contribution in [1.29, 1.82) is 5.26 Å². The van der Waals surface area contributed by atoms with Crippen molar-refractivity contribution in [3.05, 3.63) is 58.1 Å². The first kappa shape index (κ1) is 13.4. The van der Waals surface area contributed by atoms with Gasteiger partial charge in [0.05, 0.1) is 12.7 Å². The van der Waals surface area contributed by atoms with Crippen LogP contribution in [0.15, 0.2) is 46.9 Å². The molecule has 4 heteroatoms. The summed E-state index contributed by atoms with van der Waals surface area (Å²) in [5.41, 5.74) is 2.63. The van der Waals surface area contributed by atoms with Crippen LogP contribution in [0.3, 0.4) is 0 Å². The Morgan fingerprint density at radius 3 is 2.58 bits per heavy atom. The summed E-state index contributed by atoms with van der Waals surface area (Å²) in [6, 6.07) is 15.7. The third-order valence-corrected chi connectivity index (χ3v) is 3.25. The predicted molar refractivity (Wildman–Crippen MR) is 79.2 cm³/mol. The van der Waals surface area contributed by atoms with Crippen LogP contribution in [0.2, 0.25) is 0 Å². The van der Waals surface area contributed by atoms with Gasteiger partial charge < -0.3 is 10.1 Å². The number of nitriles is 1. The fraction of sp³-hybridized carbons (Fsp3) is 0.133. The maximum Gasteiger partial charge on any atom is 0.136 e. The van der Waals surface area contributed by atoms with E-state index in [0.717, 1.165) is 15.7 Å². The van der Waals surface area contributed by atoms with Crippen LogP contribution in [0.25, 0.3) is 0 Å². The molecule has 3 nitrogen and oxygen atoms in total. The Kier molecular flexibility index (Phi) is 4.43. The van der Waals surface area contributed by atoms with Crippen LogP contribution in [-0.4, -0.2) is 7.11 Å². The Morgan fingerprint density at radius 1 is 1.21 bits per heavy atom. The lowest BCUT2D eigenvalue weighted by molar-refractivity contribution is 0.413. The van der Waals surface area contributed by atoms with E-state index >= 15 is 0 Å². The number of halogens is 1. The molecule has 19 heavy (non-hydrogen) atoms. The molecule has 2 aromatic rings. The van der Waals surface area contributed by atoms with Gasteiger partial charge in [0.2, 0.25) is 0 Å². The fourth-order valence-electron chi connectivity index (χ4n) is 1.72. The van der Waals surface area contributed by atoms with E-state index in [1.54, 1.807) is 7.11 Å². The number of anilines is 1. The topological polar surface area (TPSA) is 45.0 Å². The molecular weight excluding hydrogens is 304 g/mol. The molecule has 0 amide bonds. The Morgan fingerprint density at radius 2 is 1.95 bits per heavy atom. The molecule has 0 spiro atoms. The first-order chi connectivity index (χ1) is 9.22. The van der Waals surface area contributed by atoms with E-state index in [2.05, 4.69) is 27.3 Å². The normalized spacial score (nSPS) is 9.74. The summed E-state index contributed by atoms with van der Waals surface area (Å²) in [6.07, 6.45) is 0. The van der Waals surface area contributed by atoms with Gasteiger partial charge in [0.15, 0.2) is 0 Å². The molecule has 2 aromatic carbocycles. The van der Waals surface area contributed by atoms with Gasteiger partial charge in [-0.05, 0) is 42.0 Å². The van der Waals surface area contributed by atoms with Gasteiger partial charge in [-0.15, -0.1) is 0 Å². The highest BCUT2D eigenvalue weighted by molar-refractivity contribution is 9.10. The number of benzene rings is 2. The van der Waals surface area contributed by atoms with Gasteiger partial charge in [-0.25, -0.2) is 0 Å². The van der Waals surface area contributed by atoms with Crippen molar-refractivity contribution < 1.29 is 4.74 Å². The SMILES string of the molecule is COc1ccc(CNc2ccc(Br)cc2)cc1C#N. The number of rotatable bonds is 4. The minimum absolute atomic E-state index is 0.553. The number of nitrogens with one attached hydrogen (secondary N) is 1. The predicted octanol–water partition coefficient (Wildman–Crippen LogP) is 3.94. The Balaban J connectivity index is 2.08. The molecule has 0 fully saturated rings. The van der Waals surface area contributed by atoms with E-state index < -0.39 is 0 Å². The van der Waals surface area contributed by atoms with E-state index in [1.165, 1.54) is 0 Å². The molecule has 0 radical (unpaired) electrons. The maximum absolute atomic E-state index is 9.03. The largest absolute Gasteiger partial charge is 0.495 e. The Hall–Kier alpha value is -1.99. The van der Waals surface area contributed by atoms with Crippen molar-refractivity contribution in [3.63, 3.8) is 0 Å². The Bertz CT molecular complexity index is 603. The van der Waals surface area contributed by atoms with Crippen LogP contribution in [-0.2, 0) is 6.54 Å². The van der Waals surface area contributed by atoms with Gasteiger partial charge >= 0.3 is 0 Å². The van der Waals surface area contributed by atoms with E-state index in [0.29, 0.717) is 17.9 Å². The lowest BCUT2D eigenvalue weighted by Gasteiger charge is -2.08.